The Balaban J connectivity index is 2.05. The average Bonchev–Trinajstić information content (AvgIpc) is 3.08. The van der Waals surface area contributed by atoms with Crippen molar-refractivity contribution in [3.05, 3.63) is 23.2 Å². The molecular formula is C12H15ClN2O3S. The molecule has 0 spiro atoms. The van der Waals surface area contributed by atoms with Crippen LogP contribution >= 0.6 is 11.6 Å². The van der Waals surface area contributed by atoms with Crippen molar-refractivity contribution in [1.82, 2.24) is 5.32 Å². The Labute approximate surface area is 117 Å². The van der Waals surface area contributed by atoms with Crippen molar-refractivity contribution >= 4 is 33.0 Å². The van der Waals surface area contributed by atoms with Crippen molar-refractivity contribution < 1.29 is 13.2 Å². The van der Waals surface area contributed by atoms with Gasteiger partial charge in [0.2, 0.25) is 5.91 Å². The normalized spacial score (nSPS) is 15.2. The fraction of sp³-hybridized carbons (Fsp3) is 0.417. The highest BCUT2D eigenvalue weighted by atomic mass is 35.5. The number of amides is 1. The molecule has 1 aromatic carbocycles. The molecule has 1 fully saturated rings. The molecule has 1 saturated carbocycles. The SMILES string of the molecule is Nc1ccc(S(=O)(=O)CC(=O)NCC2CC2)c(Cl)c1. The highest BCUT2D eigenvalue weighted by Crippen LogP contribution is 2.28. The highest BCUT2D eigenvalue weighted by molar-refractivity contribution is 7.92. The number of sulfone groups is 1. The third kappa shape index (κ3) is 3.84. The summed E-state index contributed by atoms with van der Waals surface area (Å²) in [4.78, 5) is 11.5. The van der Waals surface area contributed by atoms with Crippen LogP contribution in [0.2, 0.25) is 5.02 Å². The maximum atomic E-state index is 12.0. The molecule has 0 atom stereocenters. The molecule has 3 N–H and O–H groups in total. The van der Waals surface area contributed by atoms with Gasteiger partial charge in [0, 0.05) is 12.2 Å². The van der Waals surface area contributed by atoms with Gasteiger partial charge in [0.05, 0.1) is 9.92 Å². The molecule has 1 amide bonds. The molecule has 0 unspecified atom stereocenters. The number of nitrogen functional groups attached to an aromatic ring is 1. The van der Waals surface area contributed by atoms with E-state index in [0.717, 1.165) is 12.8 Å². The zero-order chi connectivity index (χ0) is 14.0. The average molecular weight is 303 g/mol. The van der Waals surface area contributed by atoms with Gasteiger partial charge in [-0.3, -0.25) is 4.79 Å². The standard InChI is InChI=1S/C12H15ClN2O3S/c13-10-5-9(14)3-4-11(10)19(17,18)7-12(16)15-6-8-1-2-8/h3-5,8H,1-2,6-7,14H2,(H,15,16). The number of rotatable bonds is 5. The predicted molar refractivity (Wildman–Crippen MR) is 73.7 cm³/mol. The number of nitrogens with two attached hydrogens (primary N) is 1. The highest BCUT2D eigenvalue weighted by Gasteiger charge is 2.25. The van der Waals surface area contributed by atoms with Crippen molar-refractivity contribution in [3.8, 4) is 0 Å². The van der Waals surface area contributed by atoms with E-state index in [1.54, 1.807) is 0 Å². The number of halogens is 1. The summed E-state index contributed by atoms with van der Waals surface area (Å²) in [5.41, 5.74) is 5.88. The Kier molecular flexibility index (Phi) is 4.01. The molecule has 2 rings (SSSR count). The molecule has 7 heteroatoms. The first-order valence-electron chi connectivity index (χ1n) is 5.93. The number of nitrogens with one attached hydrogen (secondary N) is 1. The Bertz CT molecular complexity index is 597. The van der Waals surface area contributed by atoms with E-state index in [1.165, 1.54) is 18.2 Å². The van der Waals surface area contributed by atoms with Crippen LogP contribution in [-0.2, 0) is 14.6 Å². The van der Waals surface area contributed by atoms with E-state index in [4.69, 9.17) is 17.3 Å². The van der Waals surface area contributed by atoms with Crippen molar-refractivity contribution in [2.75, 3.05) is 18.0 Å². The predicted octanol–water partition coefficient (Wildman–Crippen LogP) is 1.22. The minimum atomic E-state index is -3.73. The van der Waals surface area contributed by atoms with Gasteiger partial charge in [0.1, 0.15) is 5.75 Å². The Morgan fingerprint density at radius 1 is 1.42 bits per heavy atom. The van der Waals surface area contributed by atoms with Crippen LogP contribution < -0.4 is 11.1 Å². The summed E-state index contributed by atoms with van der Waals surface area (Å²) in [6.45, 7) is 0.545. The van der Waals surface area contributed by atoms with Crippen LogP contribution in [0.4, 0.5) is 5.69 Å². The molecule has 1 aromatic rings. The quantitative estimate of drug-likeness (QED) is 0.800. The number of hydrogen-bond acceptors (Lipinski definition) is 4. The fourth-order valence-electron chi connectivity index (χ4n) is 1.65. The lowest BCUT2D eigenvalue weighted by Gasteiger charge is -2.08. The van der Waals surface area contributed by atoms with Gasteiger partial charge in [0.25, 0.3) is 0 Å². The largest absolute Gasteiger partial charge is 0.399 e. The van der Waals surface area contributed by atoms with Gasteiger partial charge in [-0.2, -0.15) is 0 Å². The zero-order valence-electron chi connectivity index (χ0n) is 10.2. The summed E-state index contributed by atoms with van der Waals surface area (Å²) in [5.74, 6) is -0.588. The summed E-state index contributed by atoms with van der Waals surface area (Å²) < 4.78 is 24.1. The maximum absolute atomic E-state index is 12.0. The summed E-state index contributed by atoms with van der Waals surface area (Å²) >= 11 is 5.84. The van der Waals surface area contributed by atoms with Crippen molar-refractivity contribution in [3.63, 3.8) is 0 Å². The molecule has 104 valence electrons. The molecule has 1 aliphatic rings. The van der Waals surface area contributed by atoms with Crippen LogP contribution in [0.1, 0.15) is 12.8 Å². The summed E-state index contributed by atoms with van der Waals surface area (Å²) in [5, 5.41) is 2.65. The van der Waals surface area contributed by atoms with Crippen LogP contribution in [0.25, 0.3) is 0 Å². The van der Waals surface area contributed by atoms with E-state index in [9.17, 15) is 13.2 Å². The lowest BCUT2D eigenvalue weighted by molar-refractivity contribution is -0.118. The van der Waals surface area contributed by atoms with Crippen LogP contribution in [-0.4, -0.2) is 26.6 Å². The monoisotopic (exact) mass is 302 g/mol. The molecule has 0 heterocycles. The molecule has 19 heavy (non-hydrogen) atoms. The second kappa shape index (κ2) is 5.38. The Morgan fingerprint density at radius 3 is 2.68 bits per heavy atom. The van der Waals surface area contributed by atoms with Crippen molar-refractivity contribution in [1.29, 1.82) is 0 Å². The van der Waals surface area contributed by atoms with Crippen LogP contribution in [0, 0.1) is 5.92 Å². The lowest BCUT2D eigenvalue weighted by Crippen LogP contribution is -2.31. The minimum Gasteiger partial charge on any atom is -0.399 e. The van der Waals surface area contributed by atoms with Gasteiger partial charge in [-0.05, 0) is 37.0 Å². The molecule has 5 nitrogen and oxygen atoms in total. The second-order valence-corrected chi connectivity index (χ2v) is 7.06. The Hall–Kier alpha value is -1.27. The van der Waals surface area contributed by atoms with Gasteiger partial charge < -0.3 is 11.1 Å². The third-order valence-electron chi connectivity index (χ3n) is 2.90. The number of anilines is 1. The van der Waals surface area contributed by atoms with E-state index < -0.39 is 21.5 Å². The van der Waals surface area contributed by atoms with Crippen molar-refractivity contribution in [2.45, 2.75) is 17.7 Å². The van der Waals surface area contributed by atoms with Gasteiger partial charge in [-0.1, -0.05) is 11.6 Å². The van der Waals surface area contributed by atoms with Gasteiger partial charge in [0.15, 0.2) is 9.84 Å². The van der Waals surface area contributed by atoms with Crippen LogP contribution in [0.3, 0.4) is 0 Å². The number of hydrogen-bond donors (Lipinski definition) is 2. The fourth-order valence-corrected chi connectivity index (χ4v) is 3.43. The minimum absolute atomic E-state index is 0.0370. The smallest absolute Gasteiger partial charge is 0.235 e. The number of benzene rings is 1. The topological polar surface area (TPSA) is 89.3 Å². The lowest BCUT2D eigenvalue weighted by atomic mass is 10.3. The van der Waals surface area contributed by atoms with Gasteiger partial charge >= 0.3 is 0 Å². The van der Waals surface area contributed by atoms with E-state index in [2.05, 4.69) is 5.32 Å². The molecule has 1 aliphatic carbocycles. The summed E-state index contributed by atoms with van der Waals surface area (Å²) in [7, 11) is -3.73. The zero-order valence-corrected chi connectivity index (χ0v) is 11.8. The first-order valence-corrected chi connectivity index (χ1v) is 7.96. The van der Waals surface area contributed by atoms with E-state index in [0.29, 0.717) is 18.2 Å². The molecule has 0 aromatic heterocycles. The van der Waals surface area contributed by atoms with Crippen molar-refractivity contribution in [2.24, 2.45) is 5.92 Å². The van der Waals surface area contributed by atoms with E-state index in [1.807, 2.05) is 0 Å². The summed E-state index contributed by atoms with van der Waals surface area (Å²) in [6.07, 6.45) is 2.19. The molecule has 0 radical (unpaired) electrons. The molecule has 0 saturated heterocycles. The number of carbonyl (C=O) groups excluding carboxylic acids is 1. The first-order chi connectivity index (χ1) is 8.88. The van der Waals surface area contributed by atoms with E-state index in [-0.39, 0.29) is 9.92 Å². The third-order valence-corrected chi connectivity index (χ3v) is 4.99. The maximum Gasteiger partial charge on any atom is 0.235 e. The first kappa shape index (κ1) is 14.1. The van der Waals surface area contributed by atoms with Gasteiger partial charge in [-0.15, -0.1) is 0 Å². The van der Waals surface area contributed by atoms with Crippen LogP contribution in [0.15, 0.2) is 23.1 Å². The molecule has 0 aliphatic heterocycles. The van der Waals surface area contributed by atoms with Crippen LogP contribution in [0.5, 0.6) is 0 Å². The Morgan fingerprint density at radius 2 is 2.11 bits per heavy atom. The number of carbonyl (C=O) groups is 1. The second-order valence-electron chi connectivity index (χ2n) is 4.70. The summed E-state index contributed by atoms with van der Waals surface area (Å²) in [6, 6.07) is 4.12. The van der Waals surface area contributed by atoms with Gasteiger partial charge in [-0.25, -0.2) is 8.42 Å². The molecule has 0 bridgehead atoms. The van der Waals surface area contributed by atoms with E-state index >= 15 is 0 Å². The molecular weight excluding hydrogens is 288 g/mol.